The van der Waals surface area contributed by atoms with Crippen LogP contribution in [0.2, 0.25) is 5.02 Å². The fraction of sp³-hybridized carbons (Fsp3) is 0. The third-order valence-electron chi connectivity index (χ3n) is 4.46. The highest BCUT2D eigenvalue weighted by atomic mass is 35.5. The summed E-state index contributed by atoms with van der Waals surface area (Å²) in [5.41, 5.74) is 0.875. The quantitative estimate of drug-likeness (QED) is 0.384. The zero-order valence-electron chi connectivity index (χ0n) is 15.3. The van der Waals surface area contributed by atoms with Gasteiger partial charge in [0.25, 0.3) is 11.8 Å². The van der Waals surface area contributed by atoms with Crippen molar-refractivity contribution in [1.82, 2.24) is 5.32 Å². The maximum atomic E-state index is 13.0. The molecule has 0 unspecified atom stereocenters. The lowest BCUT2D eigenvalue weighted by Gasteiger charge is -2.28. The largest absolute Gasteiger partial charge is 0.471 e. The van der Waals surface area contributed by atoms with E-state index in [0.29, 0.717) is 21.8 Å². The Kier molecular flexibility index (Phi) is 5.31. The van der Waals surface area contributed by atoms with Crippen molar-refractivity contribution in [3.63, 3.8) is 0 Å². The molecule has 3 aromatic rings. The normalized spacial score (nSPS) is 15.4. The number of nitrogens with one attached hydrogen (secondary N) is 1. The summed E-state index contributed by atoms with van der Waals surface area (Å²) in [4.78, 5) is 39.6. The van der Waals surface area contributed by atoms with Gasteiger partial charge in [0.15, 0.2) is 10.5 Å². The summed E-state index contributed by atoms with van der Waals surface area (Å²) in [6.07, 6.45) is 3.74. The van der Waals surface area contributed by atoms with Gasteiger partial charge in [0.05, 0.1) is 16.8 Å². The van der Waals surface area contributed by atoms with Crippen LogP contribution in [0.5, 0.6) is 0 Å². The van der Waals surface area contributed by atoms with Gasteiger partial charge in [0.1, 0.15) is 18.1 Å². The molecule has 0 bridgehead atoms. The molecule has 1 aliphatic rings. The minimum Gasteiger partial charge on any atom is -0.471 e. The van der Waals surface area contributed by atoms with E-state index in [1.54, 1.807) is 48.5 Å². The monoisotopic (exact) mass is 436 g/mol. The number of thiocarbonyl (C=S) groups is 1. The lowest BCUT2D eigenvalue weighted by atomic mass is 10.0. The smallest absolute Gasteiger partial charge is 0.270 e. The SMILES string of the molecule is O=C1NC(=S)N(c2ccc(Cl)cc2)C(=O)C1=Cc1cocc(-c2ccccc2)c1=O. The standard InChI is InChI=1S/C22H13ClN2O4S/c23-15-6-8-16(9-7-15)25-21(28)17(20(27)24-22(25)30)10-14-11-29-12-18(19(14)26)13-4-2-1-3-5-13/h1-12H,(H,24,27,30). The predicted molar refractivity (Wildman–Crippen MR) is 118 cm³/mol. The van der Waals surface area contributed by atoms with E-state index in [9.17, 15) is 14.4 Å². The maximum absolute atomic E-state index is 13.0. The second-order valence-electron chi connectivity index (χ2n) is 6.37. The lowest BCUT2D eigenvalue weighted by molar-refractivity contribution is -0.122. The van der Waals surface area contributed by atoms with Gasteiger partial charge in [-0.15, -0.1) is 0 Å². The molecule has 0 atom stereocenters. The minimum absolute atomic E-state index is 0.0606. The fourth-order valence-electron chi connectivity index (χ4n) is 2.99. The third-order valence-corrected chi connectivity index (χ3v) is 5.00. The molecular formula is C22H13ClN2O4S. The molecule has 2 heterocycles. The van der Waals surface area contributed by atoms with Crippen molar-refractivity contribution >= 4 is 52.5 Å². The van der Waals surface area contributed by atoms with Crippen LogP contribution < -0.4 is 15.6 Å². The minimum atomic E-state index is -0.695. The van der Waals surface area contributed by atoms with Crippen LogP contribution in [0.4, 0.5) is 5.69 Å². The van der Waals surface area contributed by atoms with E-state index in [1.165, 1.54) is 23.5 Å². The van der Waals surface area contributed by atoms with E-state index in [-0.39, 0.29) is 21.7 Å². The molecule has 2 aromatic carbocycles. The van der Waals surface area contributed by atoms with Crippen molar-refractivity contribution in [3.8, 4) is 11.1 Å². The molecule has 0 saturated carbocycles. The van der Waals surface area contributed by atoms with Crippen LogP contribution in [0.25, 0.3) is 17.2 Å². The van der Waals surface area contributed by atoms with Crippen molar-refractivity contribution in [1.29, 1.82) is 0 Å². The number of rotatable bonds is 3. The zero-order chi connectivity index (χ0) is 21.3. The number of anilines is 1. The molecule has 1 fully saturated rings. The first kappa shape index (κ1) is 19.8. The molecular weight excluding hydrogens is 424 g/mol. The highest BCUT2D eigenvalue weighted by Crippen LogP contribution is 2.24. The number of hydrogen-bond donors (Lipinski definition) is 1. The van der Waals surface area contributed by atoms with Gasteiger partial charge in [-0.1, -0.05) is 41.9 Å². The molecule has 1 saturated heterocycles. The Labute approximate surface area is 181 Å². The van der Waals surface area contributed by atoms with Crippen LogP contribution in [0.15, 0.2) is 81.9 Å². The molecule has 4 rings (SSSR count). The fourth-order valence-corrected chi connectivity index (χ4v) is 3.40. The highest BCUT2D eigenvalue weighted by Gasteiger charge is 2.34. The molecule has 148 valence electrons. The van der Waals surface area contributed by atoms with Crippen LogP contribution >= 0.6 is 23.8 Å². The Morgan fingerprint density at radius 1 is 0.967 bits per heavy atom. The first-order valence-electron chi connectivity index (χ1n) is 8.78. The Balaban J connectivity index is 1.77. The average molecular weight is 437 g/mol. The number of hydrogen-bond acceptors (Lipinski definition) is 5. The first-order valence-corrected chi connectivity index (χ1v) is 9.57. The molecule has 0 spiro atoms. The number of halogens is 1. The maximum Gasteiger partial charge on any atom is 0.270 e. The summed E-state index contributed by atoms with van der Waals surface area (Å²) in [5.74, 6) is -1.35. The molecule has 0 aliphatic carbocycles. The molecule has 6 nitrogen and oxygen atoms in total. The van der Waals surface area contributed by atoms with E-state index in [2.05, 4.69) is 5.32 Å². The van der Waals surface area contributed by atoms with Gasteiger partial charge < -0.3 is 4.42 Å². The molecule has 0 radical (unpaired) electrons. The van der Waals surface area contributed by atoms with E-state index < -0.39 is 11.8 Å². The van der Waals surface area contributed by atoms with E-state index in [4.69, 9.17) is 28.2 Å². The molecule has 2 amide bonds. The van der Waals surface area contributed by atoms with Crippen LogP contribution in [-0.4, -0.2) is 16.9 Å². The summed E-state index contributed by atoms with van der Waals surface area (Å²) in [6, 6.07) is 15.4. The van der Waals surface area contributed by atoms with Gasteiger partial charge in [0.2, 0.25) is 0 Å². The van der Waals surface area contributed by atoms with Crippen LogP contribution in [0.1, 0.15) is 5.56 Å². The molecule has 30 heavy (non-hydrogen) atoms. The van der Waals surface area contributed by atoms with E-state index in [1.807, 2.05) is 6.07 Å². The highest BCUT2D eigenvalue weighted by molar-refractivity contribution is 7.80. The number of amides is 2. The Morgan fingerprint density at radius 2 is 1.67 bits per heavy atom. The van der Waals surface area contributed by atoms with Gasteiger partial charge in [-0.25, -0.2) is 0 Å². The van der Waals surface area contributed by atoms with E-state index >= 15 is 0 Å². The Bertz CT molecular complexity index is 1250. The topological polar surface area (TPSA) is 79.6 Å². The molecule has 1 aromatic heterocycles. The third kappa shape index (κ3) is 3.68. The number of benzene rings is 2. The number of nitrogens with zero attached hydrogens (tertiary/aromatic N) is 1. The number of carbonyl (C=O) groups excluding carboxylic acids is 2. The Morgan fingerprint density at radius 3 is 2.37 bits per heavy atom. The first-order chi connectivity index (χ1) is 14.5. The second-order valence-corrected chi connectivity index (χ2v) is 7.19. The zero-order valence-corrected chi connectivity index (χ0v) is 16.9. The average Bonchev–Trinajstić information content (AvgIpc) is 2.74. The summed E-state index contributed by atoms with van der Waals surface area (Å²) in [6.45, 7) is 0. The van der Waals surface area contributed by atoms with Gasteiger partial charge >= 0.3 is 0 Å². The van der Waals surface area contributed by atoms with Gasteiger partial charge in [0, 0.05) is 5.02 Å². The summed E-state index contributed by atoms with van der Waals surface area (Å²) in [5, 5.41) is 2.90. The van der Waals surface area contributed by atoms with Crippen molar-refractivity contribution in [3.05, 3.63) is 93.5 Å². The van der Waals surface area contributed by atoms with E-state index in [0.717, 1.165) is 0 Å². The second kappa shape index (κ2) is 8.06. The molecule has 8 heteroatoms. The van der Waals surface area contributed by atoms with Crippen LogP contribution in [-0.2, 0) is 9.59 Å². The summed E-state index contributed by atoms with van der Waals surface area (Å²) >= 11 is 11.1. The van der Waals surface area contributed by atoms with Crippen molar-refractivity contribution in [2.45, 2.75) is 0 Å². The molecule has 1 aliphatic heterocycles. The van der Waals surface area contributed by atoms with Gasteiger partial charge in [-0.3, -0.25) is 24.6 Å². The van der Waals surface area contributed by atoms with Crippen molar-refractivity contribution in [2.75, 3.05) is 4.90 Å². The van der Waals surface area contributed by atoms with Crippen LogP contribution in [0, 0.1) is 0 Å². The lowest BCUT2D eigenvalue weighted by Crippen LogP contribution is -2.54. The van der Waals surface area contributed by atoms with Crippen molar-refractivity contribution in [2.24, 2.45) is 0 Å². The number of carbonyl (C=O) groups is 2. The van der Waals surface area contributed by atoms with Crippen LogP contribution in [0.3, 0.4) is 0 Å². The van der Waals surface area contributed by atoms with Crippen molar-refractivity contribution < 1.29 is 14.0 Å². The predicted octanol–water partition coefficient (Wildman–Crippen LogP) is 3.79. The van der Waals surface area contributed by atoms with Gasteiger partial charge in [-0.05, 0) is 48.1 Å². The summed E-state index contributed by atoms with van der Waals surface area (Å²) in [7, 11) is 0. The van der Waals surface area contributed by atoms with Gasteiger partial charge in [-0.2, -0.15) is 0 Å². The summed E-state index contributed by atoms with van der Waals surface area (Å²) < 4.78 is 5.29. The molecule has 1 N–H and O–H groups in total. The Hall–Kier alpha value is -3.55.